The van der Waals surface area contributed by atoms with Gasteiger partial charge in [-0.2, -0.15) is 0 Å². The molecule has 0 aliphatic carbocycles. The van der Waals surface area contributed by atoms with Gasteiger partial charge < -0.3 is 52.8 Å². The number of methoxy groups -OCH3 is 3. The van der Waals surface area contributed by atoms with Crippen LogP contribution >= 0.6 is 31.9 Å². The maximum atomic E-state index is 11.8. The van der Waals surface area contributed by atoms with E-state index in [-0.39, 0.29) is 34.2 Å². The maximum Gasteiger partial charge on any atom is 0.274 e. The molecule has 0 fully saturated rings. The van der Waals surface area contributed by atoms with Crippen LogP contribution < -0.4 is 52.8 Å². The van der Waals surface area contributed by atoms with Crippen molar-refractivity contribution < 1.29 is 52.9 Å². The molecule has 0 aromatic heterocycles. The fraction of sp³-hybridized carbons (Fsp3) is 0.261. The summed E-state index contributed by atoms with van der Waals surface area (Å²) >= 11 is 7.93. The number of nitro groups is 4. The van der Waals surface area contributed by atoms with E-state index in [2.05, 4.69) is 187 Å². The van der Waals surface area contributed by atoms with Gasteiger partial charge in [-0.1, -0.05) is 111 Å². The standard InChI is InChI=1S/C46H40Br2N4O8.C46H42N4O7/c1-43(2)33-11-7-9-13-37(33)49(45(43)17-15-27-19-31(51(53)54)23-39(57-5)41(27)59-45)25-29-21-36(48)30(22-35(29)47)26-50-38-14-10-8-12-34(38)44(3,4)46(50)18-16-28-20-32(52(55)56)24-40(58-6)42(28)60-46;1-29-23-33(28-48-39-14-10-8-12-37(39)44(4,5)46(48)22-20-31-25-35(50(53)54)16-18-41(31)57-46)42(55-6)26-32(29)27-47-38-13-9-7-11-36(38)43(2,3)45(47)21-19-30-24-34(49(51)52)15-17-40(30)56-45/h7-24H,25-26H2,1-6H3;7-26H,27-28H2,1-6H3. The van der Waals surface area contributed by atoms with E-state index in [1.807, 2.05) is 97.1 Å². The average Bonchev–Trinajstić information content (AvgIpc) is 1.56. The van der Waals surface area contributed by atoms with Crippen LogP contribution in [-0.4, -0.2) is 63.9 Å². The molecule has 8 heterocycles. The van der Waals surface area contributed by atoms with Gasteiger partial charge in [-0.15, -0.1) is 0 Å². The lowest BCUT2D eigenvalue weighted by Gasteiger charge is -2.47. The molecular formula is C92H82Br2N8O15. The maximum absolute atomic E-state index is 11.8. The van der Waals surface area contributed by atoms with E-state index in [0.29, 0.717) is 71.4 Å². The summed E-state index contributed by atoms with van der Waals surface area (Å²) in [6.07, 6.45) is 15.7. The minimum atomic E-state index is -1.03. The third-order valence-electron chi connectivity index (χ3n) is 25.3. The Bertz CT molecular complexity index is 5870. The highest BCUT2D eigenvalue weighted by Gasteiger charge is 2.64. The normalized spacial score (nSPS) is 21.1. The SMILES string of the molecule is COc1cc(CN2c3ccccc3C(C)(C)C23C=Cc2cc([N+](=O)[O-])ccc2O3)c(C)cc1CN1c2ccccc2C(C)(C)C12C=Cc1cc([N+](=O)[O-])ccc1O2.COc1cc([N+](=O)[O-])cc2c1OC1(C=C2)N(Cc2cc(Br)c(CN3c4ccccc4C(C)(C)C34C=Cc3cc([N+](=O)[O-])cc(OC)c3O4)cc2Br)c2ccccc2C1(C)C. The lowest BCUT2D eigenvalue weighted by Crippen LogP contribution is -2.59. The molecule has 10 aromatic carbocycles. The van der Waals surface area contributed by atoms with Crippen LogP contribution in [0.25, 0.3) is 24.3 Å². The number of nitrogens with zero attached hydrogens (tertiary/aromatic N) is 8. The number of para-hydroxylation sites is 4. The molecule has 25 heteroatoms. The smallest absolute Gasteiger partial charge is 0.274 e. The number of fused-ring (bicyclic) bond motifs is 8. The molecule has 0 saturated heterocycles. The van der Waals surface area contributed by atoms with Crippen LogP contribution in [0.4, 0.5) is 45.5 Å². The van der Waals surface area contributed by atoms with E-state index in [4.69, 9.17) is 33.2 Å². The van der Waals surface area contributed by atoms with Gasteiger partial charge in [-0.3, -0.25) is 40.5 Å². The van der Waals surface area contributed by atoms with E-state index >= 15 is 0 Å². The Kier molecular flexibility index (Phi) is 18.2. The largest absolute Gasteiger partial charge is 0.496 e. The van der Waals surface area contributed by atoms with Gasteiger partial charge in [0.25, 0.3) is 22.7 Å². The first-order valence-corrected chi connectivity index (χ1v) is 39.8. The van der Waals surface area contributed by atoms with Crippen molar-refractivity contribution in [1.29, 1.82) is 0 Å². The van der Waals surface area contributed by atoms with E-state index < -0.39 is 64.3 Å². The highest BCUT2D eigenvalue weighted by Crippen LogP contribution is 2.62. The molecule has 4 spiro atoms. The Hall–Kier alpha value is -12.5. The molecule has 117 heavy (non-hydrogen) atoms. The predicted molar refractivity (Wildman–Crippen MR) is 457 cm³/mol. The number of benzene rings is 10. The molecule has 0 saturated carbocycles. The topological polar surface area (TPSA) is 250 Å². The van der Waals surface area contributed by atoms with Gasteiger partial charge in [0.1, 0.15) is 17.2 Å². The van der Waals surface area contributed by atoms with E-state index in [1.54, 1.807) is 31.4 Å². The molecule has 4 unspecified atom stereocenters. The van der Waals surface area contributed by atoms with Gasteiger partial charge in [0, 0.05) is 116 Å². The predicted octanol–water partition coefficient (Wildman–Crippen LogP) is 21.3. The molecule has 0 bridgehead atoms. The van der Waals surface area contributed by atoms with Crippen LogP contribution in [0.3, 0.4) is 0 Å². The highest BCUT2D eigenvalue weighted by atomic mass is 79.9. The minimum Gasteiger partial charge on any atom is -0.496 e. The lowest BCUT2D eigenvalue weighted by molar-refractivity contribution is -0.385. The van der Waals surface area contributed by atoms with E-state index in [9.17, 15) is 40.5 Å². The number of aryl methyl sites for hydroxylation is 1. The zero-order valence-corrected chi connectivity index (χ0v) is 69.4. The van der Waals surface area contributed by atoms with Crippen molar-refractivity contribution >= 4 is 102 Å². The Morgan fingerprint density at radius 2 is 0.641 bits per heavy atom. The summed E-state index contributed by atoms with van der Waals surface area (Å²) in [5.41, 5.74) is 9.83. The summed E-state index contributed by atoms with van der Waals surface area (Å²) in [7, 11) is 4.66. The van der Waals surface area contributed by atoms with Crippen molar-refractivity contribution in [3.05, 3.63) is 328 Å². The van der Waals surface area contributed by atoms with E-state index in [0.717, 1.165) is 87.5 Å². The molecule has 18 rings (SSSR count). The van der Waals surface area contributed by atoms with Crippen LogP contribution in [0.5, 0.6) is 40.2 Å². The van der Waals surface area contributed by atoms with Crippen molar-refractivity contribution in [2.24, 2.45) is 0 Å². The highest BCUT2D eigenvalue weighted by molar-refractivity contribution is 9.11. The number of nitro benzene ring substituents is 4. The third kappa shape index (κ3) is 11.6. The molecule has 8 aliphatic rings. The molecule has 0 N–H and O–H groups in total. The Morgan fingerprint density at radius 1 is 0.342 bits per heavy atom. The molecule has 23 nitrogen and oxygen atoms in total. The number of ether oxygens (including phenoxy) is 7. The fourth-order valence-corrected chi connectivity index (χ4v) is 19.9. The van der Waals surface area contributed by atoms with E-state index in [1.165, 1.54) is 50.6 Å². The first-order chi connectivity index (χ1) is 55.8. The minimum absolute atomic E-state index is 0.0122. The number of hydrogen-bond donors (Lipinski definition) is 0. The summed E-state index contributed by atoms with van der Waals surface area (Å²) in [6.45, 7) is 21.2. The zero-order valence-electron chi connectivity index (χ0n) is 66.2. The summed E-state index contributed by atoms with van der Waals surface area (Å²) in [4.78, 5) is 54.1. The second kappa shape index (κ2) is 27.6. The molecule has 0 radical (unpaired) electrons. The Morgan fingerprint density at radius 3 is 0.974 bits per heavy atom. The molecule has 0 amide bonds. The second-order valence-electron chi connectivity index (χ2n) is 32.7. The van der Waals surface area contributed by atoms with Crippen molar-refractivity contribution in [2.45, 2.75) is 133 Å². The lowest BCUT2D eigenvalue weighted by atomic mass is 9.76. The van der Waals surface area contributed by atoms with Crippen molar-refractivity contribution in [2.75, 3.05) is 40.9 Å². The van der Waals surface area contributed by atoms with Gasteiger partial charge in [-0.05, 0) is 210 Å². The van der Waals surface area contributed by atoms with Gasteiger partial charge in [-0.25, -0.2) is 0 Å². The molecule has 8 aliphatic heterocycles. The van der Waals surface area contributed by atoms with Gasteiger partial charge >= 0.3 is 0 Å². The second-order valence-corrected chi connectivity index (χ2v) is 34.4. The quantitative estimate of drug-likeness (QED) is 0.0683. The molecule has 4 atom stereocenters. The summed E-state index contributed by atoms with van der Waals surface area (Å²) < 4.78 is 47.4. The monoisotopic (exact) mass is 1700 g/mol. The first kappa shape index (κ1) is 77.1. The van der Waals surface area contributed by atoms with Gasteiger partial charge in [0.05, 0.1) is 81.4 Å². The third-order valence-corrected chi connectivity index (χ3v) is 26.8. The average molecular weight is 1700 g/mol. The zero-order chi connectivity index (χ0) is 82.6. The van der Waals surface area contributed by atoms with Crippen LogP contribution in [0.2, 0.25) is 0 Å². The first-order valence-electron chi connectivity index (χ1n) is 38.2. The van der Waals surface area contributed by atoms with Crippen molar-refractivity contribution in [3.8, 4) is 40.2 Å². The van der Waals surface area contributed by atoms with Crippen LogP contribution in [-0.2, 0) is 47.8 Å². The molecule has 10 aromatic rings. The Balaban J connectivity index is 0.000000168. The fourth-order valence-electron chi connectivity index (χ4n) is 18.9. The summed E-state index contributed by atoms with van der Waals surface area (Å²) in [5.74, 6) is 3.33. The Labute approximate surface area is 692 Å². The van der Waals surface area contributed by atoms with Crippen molar-refractivity contribution in [3.63, 3.8) is 0 Å². The van der Waals surface area contributed by atoms with Crippen LogP contribution in [0.1, 0.15) is 128 Å². The van der Waals surface area contributed by atoms with Gasteiger partial charge in [0.15, 0.2) is 23.0 Å². The van der Waals surface area contributed by atoms with Crippen LogP contribution in [0, 0.1) is 47.4 Å². The number of hydrogen-bond acceptors (Lipinski definition) is 19. The summed E-state index contributed by atoms with van der Waals surface area (Å²) in [6, 6.07) is 57.0. The molecule has 594 valence electrons. The number of non-ortho nitro benzene ring substituents is 4. The number of halogens is 2. The molecular weight excluding hydrogens is 1620 g/mol. The summed E-state index contributed by atoms with van der Waals surface area (Å²) in [5, 5.41) is 46.7. The van der Waals surface area contributed by atoms with Gasteiger partial charge in [0.2, 0.25) is 22.9 Å². The number of rotatable bonds is 15. The number of anilines is 4. The van der Waals surface area contributed by atoms with Crippen molar-refractivity contribution in [1.82, 2.24) is 0 Å². The van der Waals surface area contributed by atoms with Crippen LogP contribution in [0.15, 0.2) is 215 Å².